The van der Waals surface area contributed by atoms with Gasteiger partial charge in [0.1, 0.15) is 5.82 Å². The minimum absolute atomic E-state index is 0.00924. The zero-order chi connectivity index (χ0) is 14.0. The van der Waals surface area contributed by atoms with Crippen LogP contribution in [-0.4, -0.2) is 42.0 Å². The van der Waals surface area contributed by atoms with Crippen molar-refractivity contribution in [1.29, 1.82) is 0 Å². The van der Waals surface area contributed by atoms with Crippen molar-refractivity contribution in [1.82, 2.24) is 9.80 Å². The van der Waals surface area contributed by atoms with E-state index in [2.05, 4.69) is 0 Å². The Morgan fingerprint density at radius 1 is 1.42 bits per heavy atom. The van der Waals surface area contributed by atoms with Gasteiger partial charge in [0.25, 0.3) is 0 Å². The van der Waals surface area contributed by atoms with Gasteiger partial charge in [-0.25, -0.2) is 9.18 Å². The SMILES string of the molecule is CC(N)CCN1CC(c2ccc(F)cc2)N(C)C1=O. The fourth-order valence-corrected chi connectivity index (χ4v) is 2.33. The quantitative estimate of drug-likeness (QED) is 0.905. The van der Waals surface area contributed by atoms with E-state index in [1.807, 2.05) is 6.92 Å². The van der Waals surface area contributed by atoms with E-state index in [-0.39, 0.29) is 23.9 Å². The number of hydrogen-bond donors (Lipinski definition) is 1. The smallest absolute Gasteiger partial charge is 0.320 e. The van der Waals surface area contributed by atoms with Gasteiger partial charge in [-0.15, -0.1) is 0 Å². The second-order valence-electron chi connectivity index (χ2n) is 5.17. The van der Waals surface area contributed by atoms with E-state index < -0.39 is 0 Å². The van der Waals surface area contributed by atoms with Gasteiger partial charge in [0.2, 0.25) is 0 Å². The molecule has 0 saturated carbocycles. The summed E-state index contributed by atoms with van der Waals surface area (Å²) in [4.78, 5) is 15.6. The maximum Gasteiger partial charge on any atom is 0.320 e. The Labute approximate surface area is 113 Å². The Balaban J connectivity index is 2.07. The Hall–Kier alpha value is -1.62. The molecule has 19 heavy (non-hydrogen) atoms. The van der Waals surface area contributed by atoms with Crippen LogP contribution in [0.5, 0.6) is 0 Å². The van der Waals surface area contributed by atoms with Crippen molar-refractivity contribution in [3.8, 4) is 0 Å². The summed E-state index contributed by atoms with van der Waals surface area (Å²) in [6.07, 6.45) is 0.787. The van der Waals surface area contributed by atoms with Crippen LogP contribution < -0.4 is 5.73 Å². The molecule has 1 aliphatic heterocycles. The lowest BCUT2D eigenvalue weighted by Gasteiger charge is -2.17. The molecule has 2 unspecified atom stereocenters. The molecule has 0 bridgehead atoms. The largest absolute Gasteiger partial charge is 0.328 e. The third-order valence-electron chi connectivity index (χ3n) is 3.54. The number of likely N-dealkylation sites (N-methyl/N-ethyl adjacent to an activating group) is 1. The molecule has 0 aliphatic carbocycles. The van der Waals surface area contributed by atoms with Gasteiger partial charge in [-0.05, 0) is 31.0 Å². The summed E-state index contributed by atoms with van der Waals surface area (Å²) in [6.45, 7) is 3.23. The first-order valence-corrected chi connectivity index (χ1v) is 6.52. The molecule has 0 spiro atoms. The number of benzene rings is 1. The average molecular weight is 265 g/mol. The van der Waals surface area contributed by atoms with Crippen LogP contribution in [0.3, 0.4) is 0 Å². The lowest BCUT2D eigenvalue weighted by molar-refractivity contribution is 0.194. The lowest BCUT2D eigenvalue weighted by atomic mass is 10.1. The van der Waals surface area contributed by atoms with Crippen molar-refractivity contribution < 1.29 is 9.18 Å². The molecule has 4 nitrogen and oxygen atoms in total. The summed E-state index contributed by atoms with van der Waals surface area (Å²) in [5, 5.41) is 0. The van der Waals surface area contributed by atoms with Crippen LogP contribution in [0.15, 0.2) is 24.3 Å². The molecular weight excluding hydrogens is 245 g/mol. The topological polar surface area (TPSA) is 49.6 Å². The van der Waals surface area contributed by atoms with Gasteiger partial charge in [0.05, 0.1) is 6.04 Å². The van der Waals surface area contributed by atoms with Crippen LogP contribution in [0.25, 0.3) is 0 Å². The van der Waals surface area contributed by atoms with Crippen molar-refractivity contribution >= 4 is 6.03 Å². The molecule has 1 saturated heterocycles. The van der Waals surface area contributed by atoms with E-state index in [0.717, 1.165) is 12.0 Å². The number of amides is 2. The lowest BCUT2D eigenvalue weighted by Crippen LogP contribution is -2.32. The number of rotatable bonds is 4. The van der Waals surface area contributed by atoms with E-state index in [0.29, 0.717) is 13.1 Å². The molecule has 2 amide bonds. The number of nitrogens with two attached hydrogens (primary N) is 1. The average Bonchev–Trinajstić information content (AvgIpc) is 2.65. The highest BCUT2D eigenvalue weighted by Crippen LogP contribution is 2.28. The number of halogens is 1. The third-order valence-corrected chi connectivity index (χ3v) is 3.54. The zero-order valence-electron chi connectivity index (χ0n) is 11.3. The van der Waals surface area contributed by atoms with Gasteiger partial charge in [0, 0.05) is 26.2 Å². The van der Waals surface area contributed by atoms with Crippen LogP contribution >= 0.6 is 0 Å². The summed E-state index contributed by atoms with van der Waals surface area (Å²) in [5.41, 5.74) is 6.68. The van der Waals surface area contributed by atoms with Gasteiger partial charge in [-0.2, -0.15) is 0 Å². The third kappa shape index (κ3) is 3.04. The molecule has 104 valence electrons. The maximum atomic E-state index is 12.9. The fraction of sp³-hybridized carbons (Fsp3) is 0.500. The number of carbonyl (C=O) groups excluding carboxylic acids is 1. The summed E-state index contributed by atoms with van der Waals surface area (Å²) in [5.74, 6) is -0.260. The first-order chi connectivity index (χ1) is 8.99. The number of nitrogens with zero attached hydrogens (tertiary/aromatic N) is 2. The van der Waals surface area contributed by atoms with E-state index in [1.165, 1.54) is 12.1 Å². The highest BCUT2D eigenvalue weighted by Gasteiger charge is 2.35. The van der Waals surface area contributed by atoms with Gasteiger partial charge in [-0.1, -0.05) is 12.1 Å². The van der Waals surface area contributed by atoms with Crippen molar-refractivity contribution in [3.05, 3.63) is 35.6 Å². The Morgan fingerprint density at radius 2 is 2.05 bits per heavy atom. The number of carbonyl (C=O) groups is 1. The second kappa shape index (κ2) is 5.57. The zero-order valence-corrected chi connectivity index (χ0v) is 11.3. The minimum Gasteiger partial charge on any atom is -0.328 e. The van der Waals surface area contributed by atoms with Crippen LogP contribution in [-0.2, 0) is 0 Å². The van der Waals surface area contributed by atoms with E-state index >= 15 is 0 Å². The van der Waals surface area contributed by atoms with Crippen LogP contribution in [0.4, 0.5) is 9.18 Å². The first-order valence-electron chi connectivity index (χ1n) is 6.52. The van der Waals surface area contributed by atoms with Crippen LogP contribution in [0, 0.1) is 5.82 Å². The molecule has 2 atom stereocenters. The van der Waals surface area contributed by atoms with Gasteiger partial charge < -0.3 is 15.5 Å². The molecule has 5 heteroatoms. The van der Waals surface area contributed by atoms with Gasteiger partial charge >= 0.3 is 6.03 Å². The molecule has 1 aromatic carbocycles. The predicted molar refractivity (Wildman–Crippen MR) is 72.1 cm³/mol. The molecule has 1 aliphatic rings. The Kier molecular flexibility index (Phi) is 4.04. The molecule has 2 rings (SSSR count). The van der Waals surface area contributed by atoms with E-state index in [1.54, 1.807) is 29.0 Å². The van der Waals surface area contributed by atoms with Gasteiger partial charge in [-0.3, -0.25) is 0 Å². The Morgan fingerprint density at radius 3 is 2.63 bits per heavy atom. The first kappa shape index (κ1) is 13.8. The fourth-order valence-electron chi connectivity index (χ4n) is 2.33. The summed E-state index contributed by atoms with van der Waals surface area (Å²) < 4.78 is 12.9. The van der Waals surface area contributed by atoms with E-state index in [4.69, 9.17) is 5.73 Å². The normalized spacial score (nSPS) is 21.1. The van der Waals surface area contributed by atoms with Crippen LogP contribution in [0.2, 0.25) is 0 Å². The minimum atomic E-state index is -0.260. The molecular formula is C14H20FN3O. The monoisotopic (exact) mass is 265 g/mol. The van der Waals surface area contributed by atoms with Crippen molar-refractivity contribution in [2.24, 2.45) is 5.73 Å². The molecule has 1 aromatic rings. The number of hydrogen-bond acceptors (Lipinski definition) is 2. The molecule has 1 fully saturated rings. The highest BCUT2D eigenvalue weighted by atomic mass is 19.1. The summed E-state index contributed by atoms with van der Waals surface area (Å²) >= 11 is 0. The molecule has 2 N–H and O–H groups in total. The van der Waals surface area contributed by atoms with Crippen molar-refractivity contribution in [3.63, 3.8) is 0 Å². The molecule has 0 radical (unpaired) electrons. The highest BCUT2D eigenvalue weighted by molar-refractivity contribution is 5.77. The van der Waals surface area contributed by atoms with Crippen molar-refractivity contribution in [2.75, 3.05) is 20.1 Å². The standard InChI is InChI=1S/C14H20FN3O/c1-10(16)7-8-18-9-13(17(2)14(18)19)11-3-5-12(15)6-4-11/h3-6,10,13H,7-9,16H2,1-2H3. The summed E-state index contributed by atoms with van der Waals surface area (Å²) in [6, 6.07) is 6.41. The Bertz CT molecular complexity index is 447. The number of urea groups is 1. The van der Waals surface area contributed by atoms with Gasteiger partial charge in [0.15, 0.2) is 0 Å². The van der Waals surface area contributed by atoms with Crippen molar-refractivity contribution in [2.45, 2.75) is 25.4 Å². The predicted octanol–water partition coefficient (Wildman–Crippen LogP) is 1.97. The van der Waals surface area contributed by atoms with E-state index in [9.17, 15) is 9.18 Å². The summed E-state index contributed by atoms with van der Waals surface area (Å²) in [7, 11) is 1.78. The second-order valence-corrected chi connectivity index (χ2v) is 5.17. The molecule has 0 aromatic heterocycles. The van der Waals surface area contributed by atoms with Crippen LogP contribution in [0.1, 0.15) is 24.9 Å². The molecule has 1 heterocycles. The maximum absolute atomic E-state index is 12.9.